The molecule has 0 aromatic heterocycles. The molecule has 19 heavy (non-hydrogen) atoms. The van der Waals surface area contributed by atoms with Gasteiger partial charge in [0.1, 0.15) is 5.82 Å². The molecule has 0 aliphatic carbocycles. The van der Waals surface area contributed by atoms with Crippen molar-refractivity contribution in [2.45, 2.75) is 6.42 Å². The number of nitrogens with two attached hydrogens (primary N) is 1. The molecule has 2 aromatic carbocycles. The Labute approximate surface area is 121 Å². The summed E-state index contributed by atoms with van der Waals surface area (Å²) in [6, 6.07) is 12.6. The van der Waals surface area contributed by atoms with Crippen molar-refractivity contribution in [1.82, 2.24) is 0 Å². The van der Waals surface area contributed by atoms with E-state index in [4.69, 9.17) is 5.73 Å². The number of halogens is 2. The van der Waals surface area contributed by atoms with Crippen LogP contribution in [0.5, 0.6) is 0 Å². The lowest BCUT2D eigenvalue weighted by Crippen LogP contribution is -2.21. The second-order valence-corrected chi connectivity index (χ2v) is 5.42. The molecule has 0 atom stereocenters. The Morgan fingerprint density at radius 1 is 1.16 bits per heavy atom. The molecular formula is C15H16BrFN2. The molecule has 0 radical (unpaired) electrons. The predicted molar refractivity (Wildman–Crippen MR) is 81.9 cm³/mol. The standard InChI is InChI=1S/C15H16BrFN2/c1-19(15-10-13(17)6-7-14(15)18)9-8-11-2-4-12(16)5-3-11/h2-7,10H,8-9,18H2,1H3. The molecule has 0 amide bonds. The van der Waals surface area contributed by atoms with Crippen LogP contribution in [0.15, 0.2) is 46.9 Å². The average Bonchev–Trinajstić information content (AvgIpc) is 2.40. The van der Waals surface area contributed by atoms with E-state index in [9.17, 15) is 4.39 Å². The third kappa shape index (κ3) is 3.70. The summed E-state index contributed by atoms with van der Waals surface area (Å²) in [5.74, 6) is -0.264. The molecule has 2 aromatic rings. The Bertz CT molecular complexity index is 555. The molecule has 0 saturated carbocycles. The quantitative estimate of drug-likeness (QED) is 0.866. The highest BCUT2D eigenvalue weighted by Crippen LogP contribution is 2.23. The van der Waals surface area contributed by atoms with E-state index in [1.54, 1.807) is 6.07 Å². The first-order chi connectivity index (χ1) is 9.06. The van der Waals surface area contributed by atoms with Crippen LogP contribution in [0.3, 0.4) is 0 Å². The van der Waals surface area contributed by atoms with Gasteiger partial charge in [0.05, 0.1) is 11.4 Å². The minimum atomic E-state index is -0.264. The van der Waals surface area contributed by atoms with Crippen LogP contribution in [-0.4, -0.2) is 13.6 Å². The third-order valence-electron chi connectivity index (χ3n) is 3.05. The zero-order chi connectivity index (χ0) is 13.8. The summed E-state index contributed by atoms with van der Waals surface area (Å²) in [6.07, 6.45) is 0.889. The van der Waals surface area contributed by atoms with Gasteiger partial charge in [0.2, 0.25) is 0 Å². The Morgan fingerprint density at radius 3 is 2.53 bits per heavy atom. The number of hydrogen-bond donors (Lipinski definition) is 1. The molecule has 0 unspecified atom stereocenters. The summed E-state index contributed by atoms with van der Waals surface area (Å²) >= 11 is 3.41. The van der Waals surface area contributed by atoms with E-state index in [0.29, 0.717) is 5.69 Å². The van der Waals surface area contributed by atoms with Crippen molar-refractivity contribution < 1.29 is 4.39 Å². The lowest BCUT2D eigenvalue weighted by molar-refractivity contribution is 0.627. The summed E-state index contributed by atoms with van der Waals surface area (Å²) in [4.78, 5) is 1.97. The van der Waals surface area contributed by atoms with E-state index in [1.807, 2.05) is 24.1 Å². The molecule has 0 aliphatic rings. The summed E-state index contributed by atoms with van der Waals surface area (Å²) in [7, 11) is 1.92. The van der Waals surface area contributed by atoms with Crippen LogP contribution in [-0.2, 0) is 6.42 Å². The number of nitrogen functional groups attached to an aromatic ring is 1. The molecule has 4 heteroatoms. The first-order valence-electron chi connectivity index (χ1n) is 6.07. The van der Waals surface area contributed by atoms with Crippen LogP contribution in [0.2, 0.25) is 0 Å². The van der Waals surface area contributed by atoms with E-state index >= 15 is 0 Å². The van der Waals surface area contributed by atoms with Crippen LogP contribution in [0.4, 0.5) is 15.8 Å². The van der Waals surface area contributed by atoms with E-state index in [-0.39, 0.29) is 5.82 Å². The van der Waals surface area contributed by atoms with Gasteiger partial charge in [-0.1, -0.05) is 28.1 Å². The van der Waals surface area contributed by atoms with Crippen molar-refractivity contribution in [3.63, 3.8) is 0 Å². The highest BCUT2D eigenvalue weighted by molar-refractivity contribution is 9.10. The number of anilines is 2. The van der Waals surface area contributed by atoms with Crippen molar-refractivity contribution in [2.24, 2.45) is 0 Å². The maximum Gasteiger partial charge on any atom is 0.125 e. The third-order valence-corrected chi connectivity index (χ3v) is 3.58. The number of benzene rings is 2. The molecule has 0 heterocycles. The van der Waals surface area contributed by atoms with Crippen molar-refractivity contribution in [2.75, 3.05) is 24.2 Å². The Balaban J connectivity index is 2.03. The molecule has 0 aliphatic heterocycles. The average molecular weight is 323 g/mol. The summed E-state index contributed by atoms with van der Waals surface area (Å²) in [5, 5.41) is 0. The van der Waals surface area contributed by atoms with Crippen molar-refractivity contribution >= 4 is 27.3 Å². The van der Waals surface area contributed by atoms with Gasteiger partial charge in [-0.15, -0.1) is 0 Å². The number of likely N-dealkylation sites (N-methyl/N-ethyl adjacent to an activating group) is 1. The lowest BCUT2D eigenvalue weighted by atomic mass is 10.1. The van der Waals surface area contributed by atoms with Crippen molar-refractivity contribution in [1.29, 1.82) is 0 Å². The molecule has 0 spiro atoms. The monoisotopic (exact) mass is 322 g/mol. The number of hydrogen-bond acceptors (Lipinski definition) is 2. The minimum absolute atomic E-state index is 0.264. The highest BCUT2D eigenvalue weighted by Gasteiger charge is 2.06. The molecule has 2 N–H and O–H groups in total. The largest absolute Gasteiger partial charge is 0.397 e. The molecule has 0 fully saturated rings. The summed E-state index contributed by atoms with van der Waals surface area (Å²) < 4.78 is 14.3. The van der Waals surface area contributed by atoms with Gasteiger partial charge in [-0.3, -0.25) is 0 Å². The Hall–Kier alpha value is -1.55. The maximum atomic E-state index is 13.2. The fourth-order valence-corrected chi connectivity index (χ4v) is 2.18. The molecule has 100 valence electrons. The van der Waals surface area contributed by atoms with Gasteiger partial charge in [-0.2, -0.15) is 0 Å². The van der Waals surface area contributed by atoms with Crippen LogP contribution in [0.25, 0.3) is 0 Å². The van der Waals surface area contributed by atoms with Gasteiger partial charge in [0.25, 0.3) is 0 Å². The molecule has 2 rings (SSSR count). The maximum absolute atomic E-state index is 13.2. The van der Waals surface area contributed by atoms with Gasteiger partial charge in [-0.05, 0) is 42.3 Å². The number of nitrogens with zero attached hydrogens (tertiary/aromatic N) is 1. The van der Waals surface area contributed by atoms with E-state index in [0.717, 1.165) is 23.1 Å². The summed E-state index contributed by atoms with van der Waals surface area (Å²) in [6.45, 7) is 0.787. The first kappa shape index (κ1) is 13.9. The molecule has 0 bridgehead atoms. The zero-order valence-electron chi connectivity index (χ0n) is 10.7. The normalized spacial score (nSPS) is 10.5. The topological polar surface area (TPSA) is 29.3 Å². The summed E-state index contributed by atoms with van der Waals surface area (Å²) in [5.41, 5.74) is 8.44. The van der Waals surface area contributed by atoms with Crippen LogP contribution < -0.4 is 10.6 Å². The van der Waals surface area contributed by atoms with E-state index < -0.39 is 0 Å². The van der Waals surface area contributed by atoms with Crippen LogP contribution in [0.1, 0.15) is 5.56 Å². The Kier molecular flexibility index (Phi) is 4.43. The molecule has 0 saturated heterocycles. The minimum Gasteiger partial charge on any atom is -0.397 e. The van der Waals surface area contributed by atoms with Gasteiger partial charge < -0.3 is 10.6 Å². The predicted octanol–water partition coefficient (Wildman–Crippen LogP) is 3.85. The van der Waals surface area contributed by atoms with Crippen LogP contribution in [0, 0.1) is 5.82 Å². The fourth-order valence-electron chi connectivity index (χ4n) is 1.92. The van der Waals surface area contributed by atoms with Gasteiger partial charge >= 0.3 is 0 Å². The molecule has 2 nitrogen and oxygen atoms in total. The van der Waals surface area contributed by atoms with Gasteiger partial charge in [-0.25, -0.2) is 4.39 Å². The second kappa shape index (κ2) is 6.06. The van der Waals surface area contributed by atoms with Crippen LogP contribution >= 0.6 is 15.9 Å². The van der Waals surface area contributed by atoms with E-state index in [2.05, 4.69) is 28.1 Å². The fraction of sp³-hybridized carbons (Fsp3) is 0.200. The Morgan fingerprint density at radius 2 is 1.84 bits per heavy atom. The van der Waals surface area contributed by atoms with Gasteiger partial charge in [0, 0.05) is 18.1 Å². The van der Waals surface area contributed by atoms with Gasteiger partial charge in [0.15, 0.2) is 0 Å². The zero-order valence-corrected chi connectivity index (χ0v) is 12.3. The first-order valence-corrected chi connectivity index (χ1v) is 6.86. The smallest absolute Gasteiger partial charge is 0.125 e. The molecular weight excluding hydrogens is 307 g/mol. The number of rotatable bonds is 4. The van der Waals surface area contributed by atoms with E-state index in [1.165, 1.54) is 17.7 Å². The second-order valence-electron chi connectivity index (χ2n) is 4.50. The van der Waals surface area contributed by atoms with Crippen molar-refractivity contribution in [3.05, 3.63) is 58.3 Å². The SMILES string of the molecule is CN(CCc1ccc(Br)cc1)c1cc(F)ccc1N. The van der Waals surface area contributed by atoms with Crippen molar-refractivity contribution in [3.8, 4) is 0 Å². The highest BCUT2D eigenvalue weighted by atomic mass is 79.9. The lowest BCUT2D eigenvalue weighted by Gasteiger charge is -2.21.